The Balaban J connectivity index is 2.10. The molecule has 0 saturated carbocycles. The maximum atomic E-state index is 14.3. The number of amidine groups is 1. The lowest BCUT2D eigenvalue weighted by molar-refractivity contribution is -0.254. The zero-order valence-corrected chi connectivity index (χ0v) is 25.5. The van der Waals surface area contributed by atoms with Crippen LogP contribution in [0.2, 0.25) is 5.02 Å². The Hall–Kier alpha value is -3.60. The minimum atomic E-state index is -6.34. The monoisotopic (exact) mass is 687 g/mol. The second-order valence-corrected chi connectivity index (χ2v) is 11.3. The number of halogens is 9. The highest BCUT2D eigenvalue weighted by molar-refractivity contribution is 7.98. The van der Waals surface area contributed by atoms with Gasteiger partial charge in [0.1, 0.15) is 0 Å². The van der Waals surface area contributed by atoms with Gasteiger partial charge in [-0.15, -0.1) is 0 Å². The van der Waals surface area contributed by atoms with Crippen molar-refractivity contribution in [1.82, 2.24) is 9.91 Å². The molecule has 0 spiro atoms. The first kappa shape index (κ1) is 35.9. The van der Waals surface area contributed by atoms with E-state index in [1.165, 1.54) is 60.0 Å². The molecule has 2 aromatic rings. The van der Waals surface area contributed by atoms with E-state index in [-0.39, 0.29) is 38.0 Å². The lowest BCUT2D eigenvalue weighted by Gasteiger charge is -2.33. The Morgan fingerprint density at radius 2 is 1.71 bits per heavy atom. The number of carbonyl (C=O) groups excluding carboxylic acids is 3. The summed E-state index contributed by atoms with van der Waals surface area (Å²) in [5, 5.41) is 2.81. The van der Waals surface area contributed by atoms with Crippen molar-refractivity contribution in [2.45, 2.75) is 57.8 Å². The second-order valence-electron chi connectivity index (χ2n) is 10.0. The minimum absolute atomic E-state index is 0.0326. The van der Waals surface area contributed by atoms with E-state index < -0.39 is 65.5 Å². The molecule has 246 valence electrons. The van der Waals surface area contributed by atoms with Gasteiger partial charge in [-0.2, -0.15) is 52.0 Å². The molecule has 3 amide bonds. The van der Waals surface area contributed by atoms with E-state index in [2.05, 4.69) is 5.10 Å². The first-order valence-corrected chi connectivity index (χ1v) is 14.6. The number of carbonyl (C=O) groups is 3. The van der Waals surface area contributed by atoms with Gasteiger partial charge in [0.25, 0.3) is 5.91 Å². The maximum absolute atomic E-state index is 14.3. The van der Waals surface area contributed by atoms with E-state index in [4.69, 9.17) is 17.3 Å². The molecule has 3 rings (SSSR count). The molecular weight excluding hydrogens is 662 g/mol. The minimum Gasteiger partial charge on any atom is -0.366 e. The number of amides is 3. The Morgan fingerprint density at radius 3 is 2.20 bits per heavy atom. The van der Waals surface area contributed by atoms with E-state index in [9.17, 15) is 49.5 Å². The fourth-order valence-electron chi connectivity index (χ4n) is 4.78. The predicted molar refractivity (Wildman–Crippen MR) is 152 cm³/mol. The van der Waals surface area contributed by atoms with Gasteiger partial charge < -0.3 is 10.6 Å². The molecule has 0 fully saturated rings. The highest BCUT2D eigenvalue weighted by Crippen LogP contribution is 2.43. The molecule has 1 aliphatic heterocycles. The van der Waals surface area contributed by atoms with Crippen molar-refractivity contribution in [2.75, 3.05) is 16.9 Å². The molecule has 0 bridgehead atoms. The van der Waals surface area contributed by atoms with E-state index in [0.717, 1.165) is 0 Å². The van der Waals surface area contributed by atoms with Gasteiger partial charge >= 0.3 is 18.3 Å². The largest absolute Gasteiger partial charge is 0.461 e. The number of hydrazone groups is 1. The van der Waals surface area contributed by atoms with Crippen LogP contribution in [-0.2, 0) is 11.3 Å². The van der Waals surface area contributed by atoms with Gasteiger partial charge in [0.2, 0.25) is 23.8 Å². The number of nitrogens with two attached hydrogens (primary N) is 1. The van der Waals surface area contributed by atoms with Crippen LogP contribution in [0.3, 0.4) is 0 Å². The topological polar surface area (TPSA) is 99.3 Å². The number of anilines is 1. The number of thioether (sulfide) groups is 1. The molecule has 2 atom stereocenters. The Kier molecular flexibility index (Phi) is 10.4. The summed E-state index contributed by atoms with van der Waals surface area (Å²) in [6.45, 7) is 2.63. The summed E-state index contributed by atoms with van der Waals surface area (Å²) in [5.74, 6) is -11.3. The molecule has 2 aromatic carbocycles. The predicted octanol–water partition coefficient (Wildman–Crippen LogP) is 6.21. The average molecular weight is 688 g/mol. The summed E-state index contributed by atoms with van der Waals surface area (Å²) in [4.78, 5) is 38.5. The highest BCUT2D eigenvalue weighted by Gasteiger charge is 2.68. The molecule has 0 saturated heterocycles. The third kappa shape index (κ3) is 7.13. The third-order valence-electron chi connectivity index (χ3n) is 6.67. The second kappa shape index (κ2) is 13.0. The van der Waals surface area contributed by atoms with Crippen LogP contribution < -0.4 is 10.6 Å². The van der Waals surface area contributed by atoms with Crippen LogP contribution in [0.1, 0.15) is 45.7 Å². The lowest BCUT2D eigenvalue weighted by atomic mass is 10.0. The van der Waals surface area contributed by atoms with Crippen LogP contribution in [0.4, 0.5) is 40.8 Å². The van der Waals surface area contributed by atoms with Crippen molar-refractivity contribution >= 4 is 52.6 Å². The molecular formula is C27H26ClF8N5O3S. The Labute approximate surface area is 261 Å². The van der Waals surface area contributed by atoms with Gasteiger partial charge in [0.05, 0.1) is 22.7 Å². The highest BCUT2D eigenvalue weighted by atomic mass is 35.5. The molecule has 0 aliphatic carbocycles. The zero-order valence-electron chi connectivity index (χ0n) is 23.9. The quantitative estimate of drug-likeness (QED) is 0.316. The maximum Gasteiger partial charge on any atom is 0.461 e. The summed E-state index contributed by atoms with van der Waals surface area (Å²) < 4.78 is 110. The summed E-state index contributed by atoms with van der Waals surface area (Å²) in [7, 11) is 0. The van der Waals surface area contributed by atoms with Crippen molar-refractivity contribution in [3.05, 3.63) is 63.7 Å². The standard InChI is InChI=1S/C27H26ClF8N5O3S/c1-13-10-16(11-39-24(26(31,32)33)41(15(3)42)23(38-39)25(29,30)27(34,35)36)8-9-19(13)40(14(2)12-45-4)22(44)20-17(21(37)43)6-5-7-18(20)28/h5-10,14,24H,11-12H2,1-4H3,(H2,37,43)/t14-,24?/m0/s1. The van der Waals surface area contributed by atoms with Gasteiger partial charge in [0, 0.05) is 24.4 Å². The molecule has 0 aromatic heterocycles. The number of rotatable bonds is 9. The summed E-state index contributed by atoms with van der Waals surface area (Å²) in [6, 6.07) is 7.40. The van der Waals surface area contributed by atoms with E-state index >= 15 is 0 Å². The van der Waals surface area contributed by atoms with Crippen LogP contribution in [0.15, 0.2) is 41.5 Å². The molecule has 45 heavy (non-hydrogen) atoms. The first-order chi connectivity index (χ1) is 20.6. The van der Waals surface area contributed by atoms with Crippen LogP contribution >= 0.6 is 23.4 Å². The number of hydrogen-bond acceptors (Lipinski definition) is 6. The molecule has 8 nitrogen and oxygen atoms in total. The third-order valence-corrected chi connectivity index (χ3v) is 7.80. The smallest absolute Gasteiger partial charge is 0.366 e. The number of nitrogens with zero attached hydrogens (tertiary/aromatic N) is 4. The van der Waals surface area contributed by atoms with Gasteiger partial charge in [-0.25, -0.2) is 0 Å². The van der Waals surface area contributed by atoms with E-state index in [1.54, 1.807) is 13.2 Å². The Morgan fingerprint density at radius 1 is 1.09 bits per heavy atom. The fraction of sp³-hybridized carbons (Fsp3) is 0.407. The van der Waals surface area contributed by atoms with Crippen LogP contribution in [0.5, 0.6) is 0 Å². The first-order valence-electron chi connectivity index (χ1n) is 12.8. The Bertz CT molecular complexity index is 1520. The molecule has 0 radical (unpaired) electrons. The lowest BCUT2D eigenvalue weighted by Crippen LogP contribution is -2.58. The van der Waals surface area contributed by atoms with Gasteiger partial charge in [0.15, 0.2) is 0 Å². The number of aryl methyl sites for hydroxylation is 1. The van der Waals surface area contributed by atoms with Crippen LogP contribution in [0, 0.1) is 6.92 Å². The van der Waals surface area contributed by atoms with E-state index in [0.29, 0.717) is 12.7 Å². The number of primary amides is 1. The molecule has 1 unspecified atom stereocenters. The number of alkyl halides is 8. The molecule has 2 N–H and O–H groups in total. The van der Waals surface area contributed by atoms with Crippen molar-refractivity contribution in [3.63, 3.8) is 0 Å². The van der Waals surface area contributed by atoms with Crippen molar-refractivity contribution in [2.24, 2.45) is 10.8 Å². The van der Waals surface area contributed by atoms with Crippen LogP contribution in [-0.4, -0.2) is 76.0 Å². The molecule has 1 heterocycles. The molecule has 1 aliphatic rings. The summed E-state index contributed by atoms with van der Waals surface area (Å²) in [5.41, 5.74) is 5.58. The van der Waals surface area contributed by atoms with Crippen LogP contribution in [0.25, 0.3) is 0 Å². The zero-order chi connectivity index (χ0) is 34.2. The summed E-state index contributed by atoms with van der Waals surface area (Å²) in [6.07, 6.45) is -13.3. The number of hydrogen-bond donors (Lipinski definition) is 1. The average Bonchev–Trinajstić information content (AvgIpc) is 3.30. The molecule has 18 heteroatoms. The van der Waals surface area contributed by atoms with Crippen molar-refractivity contribution < 1.29 is 49.5 Å². The van der Waals surface area contributed by atoms with Gasteiger partial charge in [-0.1, -0.05) is 29.8 Å². The van der Waals surface area contributed by atoms with Crippen molar-refractivity contribution in [3.8, 4) is 0 Å². The van der Waals surface area contributed by atoms with Crippen molar-refractivity contribution in [1.29, 1.82) is 0 Å². The van der Waals surface area contributed by atoms with E-state index in [1.807, 2.05) is 0 Å². The fourth-order valence-corrected chi connectivity index (χ4v) is 5.66. The summed E-state index contributed by atoms with van der Waals surface area (Å²) >= 11 is 7.66. The van der Waals surface area contributed by atoms with Gasteiger partial charge in [-0.05, 0) is 49.4 Å². The SMILES string of the molecule is CSC[C@H](C)N(C(=O)c1c(Cl)cccc1C(N)=O)c1ccc(CN2N=C(C(F)(F)C(F)(F)F)N(C(C)=O)C2C(F)(F)F)cc1C. The number of benzene rings is 2. The normalized spacial score (nSPS) is 16.5. The van der Waals surface area contributed by atoms with Gasteiger partial charge in [-0.3, -0.25) is 24.3 Å².